The van der Waals surface area contributed by atoms with Gasteiger partial charge in [0.1, 0.15) is 6.29 Å². The minimum absolute atomic E-state index is 0.244. The van der Waals surface area contributed by atoms with E-state index >= 15 is 0 Å². The summed E-state index contributed by atoms with van der Waals surface area (Å²) >= 11 is 0. The smallest absolute Gasteiger partial charge is 0.164 e. The van der Waals surface area contributed by atoms with Gasteiger partial charge < -0.3 is 24.7 Å². The Morgan fingerprint density at radius 3 is 2.81 bits per heavy atom. The molecule has 5 heteroatoms. The number of fused-ring (bicyclic) bond motifs is 1. The van der Waals surface area contributed by atoms with E-state index in [4.69, 9.17) is 9.47 Å². The van der Waals surface area contributed by atoms with Gasteiger partial charge in [-0.3, -0.25) is 0 Å². The van der Waals surface area contributed by atoms with Gasteiger partial charge in [0.15, 0.2) is 11.5 Å². The molecule has 140 valence electrons. The molecule has 0 radical (unpaired) electrons. The molecule has 1 aromatic carbocycles. The molecule has 0 aromatic heterocycles. The van der Waals surface area contributed by atoms with Crippen LogP contribution in [-0.4, -0.2) is 43.8 Å². The maximum atomic E-state index is 11.7. The van der Waals surface area contributed by atoms with Gasteiger partial charge in [-0.25, -0.2) is 0 Å². The zero-order valence-corrected chi connectivity index (χ0v) is 15.5. The van der Waals surface area contributed by atoms with Gasteiger partial charge in [0.2, 0.25) is 0 Å². The van der Waals surface area contributed by atoms with Gasteiger partial charge in [-0.2, -0.15) is 0 Å². The summed E-state index contributed by atoms with van der Waals surface area (Å²) in [5.74, 6) is 1.35. The molecule has 5 nitrogen and oxygen atoms in total. The molecule has 3 aliphatic rings. The van der Waals surface area contributed by atoms with Crippen molar-refractivity contribution in [2.45, 2.75) is 42.7 Å². The summed E-state index contributed by atoms with van der Waals surface area (Å²) in [6.45, 7) is 4.74. The van der Waals surface area contributed by atoms with Crippen LogP contribution < -0.4 is 14.8 Å². The van der Waals surface area contributed by atoms with Gasteiger partial charge >= 0.3 is 0 Å². The summed E-state index contributed by atoms with van der Waals surface area (Å²) < 4.78 is 11.4. The summed E-state index contributed by atoms with van der Waals surface area (Å²) in [5, 5.41) is 14.9. The fourth-order valence-corrected chi connectivity index (χ4v) is 5.85. The average molecular weight is 357 g/mol. The van der Waals surface area contributed by atoms with Crippen molar-refractivity contribution in [3.8, 4) is 11.5 Å². The van der Waals surface area contributed by atoms with Gasteiger partial charge in [-0.05, 0) is 49.8 Å². The second kappa shape index (κ2) is 6.10. The number of carbonyl (C=O) groups is 1. The molecule has 0 spiro atoms. The first-order valence-electron chi connectivity index (χ1n) is 9.32. The van der Waals surface area contributed by atoms with E-state index in [0.717, 1.165) is 42.7 Å². The minimum atomic E-state index is -1.19. The molecule has 3 unspecified atom stereocenters. The average Bonchev–Trinajstić information content (AvgIpc) is 2.65. The third-order valence-corrected chi connectivity index (χ3v) is 7.01. The van der Waals surface area contributed by atoms with E-state index in [1.54, 1.807) is 20.3 Å². The van der Waals surface area contributed by atoms with Crippen LogP contribution in [0.3, 0.4) is 0 Å². The lowest BCUT2D eigenvalue weighted by molar-refractivity contribution is -0.129. The fraction of sp³-hybridized carbons (Fsp3) is 0.571. The summed E-state index contributed by atoms with van der Waals surface area (Å²) in [7, 11) is 3.32. The number of piperidine rings is 1. The number of ether oxygens (including phenoxy) is 2. The number of carbonyl (C=O) groups excluding carboxylic acids is 1. The van der Waals surface area contributed by atoms with Crippen LogP contribution in [0.4, 0.5) is 0 Å². The van der Waals surface area contributed by atoms with Gasteiger partial charge in [0, 0.05) is 22.9 Å². The minimum Gasteiger partial charge on any atom is -0.493 e. The predicted molar refractivity (Wildman–Crippen MR) is 98.8 cm³/mol. The van der Waals surface area contributed by atoms with Gasteiger partial charge in [-0.1, -0.05) is 12.1 Å². The Bertz CT molecular complexity index is 748. The van der Waals surface area contributed by atoms with Crippen LogP contribution in [0.2, 0.25) is 0 Å². The molecule has 26 heavy (non-hydrogen) atoms. The van der Waals surface area contributed by atoms with Crippen molar-refractivity contribution in [3.63, 3.8) is 0 Å². The first-order chi connectivity index (χ1) is 12.5. The van der Waals surface area contributed by atoms with E-state index in [1.807, 2.05) is 6.07 Å². The van der Waals surface area contributed by atoms with E-state index in [0.29, 0.717) is 18.9 Å². The van der Waals surface area contributed by atoms with Gasteiger partial charge in [0.05, 0.1) is 19.8 Å². The van der Waals surface area contributed by atoms with Crippen molar-refractivity contribution in [2.24, 2.45) is 11.8 Å². The van der Waals surface area contributed by atoms with Crippen molar-refractivity contribution in [2.75, 3.05) is 20.8 Å². The second-order valence-electron chi connectivity index (χ2n) is 7.96. The lowest BCUT2D eigenvalue weighted by atomic mass is 9.48. The van der Waals surface area contributed by atoms with Crippen LogP contribution in [0.15, 0.2) is 24.8 Å². The molecule has 4 rings (SSSR count). The monoisotopic (exact) mass is 357 g/mol. The maximum absolute atomic E-state index is 11.7. The summed E-state index contributed by atoms with van der Waals surface area (Å²) in [6.07, 6.45) is 5.42. The van der Waals surface area contributed by atoms with Crippen LogP contribution in [0, 0.1) is 11.8 Å². The molecule has 1 saturated heterocycles. The lowest BCUT2D eigenvalue weighted by Gasteiger charge is -2.60. The number of aldehydes is 1. The Morgan fingerprint density at radius 2 is 2.15 bits per heavy atom. The Labute approximate surface area is 154 Å². The Kier molecular flexibility index (Phi) is 4.12. The number of hydrogen-bond acceptors (Lipinski definition) is 5. The van der Waals surface area contributed by atoms with Crippen LogP contribution in [0.1, 0.15) is 30.4 Å². The highest BCUT2D eigenvalue weighted by atomic mass is 16.5. The number of aliphatic hydroxyl groups is 1. The van der Waals surface area contributed by atoms with Crippen molar-refractivity contribution >= 4 is 6.29 Å². The van der Waals surface area contributed by atoms with E-state index in [2.05, 4.69) is 18.0 Å². The molecule has 1 heterocycles. The molecular formula is C21H27NO4. The highest BCUT2D eigenvalue weighted by molar-refractivity contribution is 5.61. The first-order valence-corrected chi connectivity index (χ1v) is 9.32. The molecule has 2 fully saturated rings. The largest absolute Gasteiger partial charge is 0.493 e. The van der Waals surface area contributed by atoms with Crippen LogP contribution in [0.5, 0.6) is 11.5 Å². The molecule has 2 bridgehead atoms. The van der Waals surface area contributed by atoms with Gasteiger partial charge in [0.25, 0.3) is 0 Å². The molecule has 1 saturated carbocycles. The van der Waals surface area contributed by atoms with E-state index in [-0.39, 0.29) is 11.3 Å². The fourth-order valence-electron chi connectivity index (χ4n) is 5.85. The quantitative estimate of drug-likeness (QED) is 0.637. The third-order valence-electron chi connectivity index (χ3n) is 7.01. The van der Waals surface area contributed by atoms with Crippen molar-refractivity contribution < 1.29 is 19.4 Å². The van der Waals surface area contributed by atoms with Gasteiger partial charge in [-0.15, -0.1) is 6.58 Å². The molecule has 2 aliphatic carbocycles. The van der Waals surface area contributed by atoms with Crippen LogP contribution in [-0.2, 0) is 16.6 Å². The van der Waals surface area contributed by atoms with E-state index in [9.17, 15) is 9.90 Å². The Hall–Kier alpha value is -1.85. The maximum Gasteiger partial charge on any atom is 0.164 e. The summed E-state index contributed by atoms with van der Waals surface area (Å²) in [4.78, 5) is 11.7. The summed E-state index contributed by atoms with van der Waals surface area (Å²) in [5.41, 5.74) is 0.966. The molecule has 2 N–H and O–H groups in total. The van der Waals surface area contributed by atoms with Crippen LogP contribution in [0.25, 0.3) is 0 Å². The zero-order chi connectivity index (χ0) is 18.5. The van der Waals surface area contributed by atoms with Crippen molar-refractivity contribution in [1.82, 2.24) is 5.32 Å². The van der Waals surface area contributed by atoms with Crippen molar-refractivity contribution in [1.29, 1.82) is 0 Å². The highest BCUT2D eigenvalue weighted by Gasteiger charge is 2.60. The van der Waals surface area contributed by atoms with Crippen LogP contribution >= 0.6 is 0 Å². The highest BCUT2D eigenvalue weighted by Crippen LogP contribution is 2.60. The standard InChI is InChI=1S/C21H27NO4/c1-4-21(24)12-20-7-8-22-16(15(20)10-14(21)11-23)9-13-5-6-17(25-2)19(26-3)18(13)20/h4-6,11,14-16,22,24H,1,7-10,12H2,2-3H3/t14-,15?,16?,20?,21-/m0/s1. The third kappa shape index (κ3) is 2.20. The van der Waals surface area contributed by atoms with E-state index in [1.165, 1.54) is 5.56 Å². The Morgan fingerprint density at radius 1 is 1.35 bits per heavy atom. The summed E-state index contributed by atoms with van der Waals surface area (Å²) in [6, 6.07) is 4.39. The molecular weight excluding hydrogens is 330 g/mol. The normalized spacial score (nSPS) is 37.9. The van der Waals surface area contributed by atoms with E-state index < -0.39 is 11.5 Å². The second-order valence-corrected chi connectivity index (χ2v) is 7.96. The number of rotatable bonds is 4. The number of nitrogens with one attached hydrogen (secondary N) is 1. The molecule has 0 amide bonds. The number of benzene rings is 1. The SMILES string of the molecule is C=C[C@]1(O)CC23CCNC(Cc4ccc(OC)c(OC)c42)C3C[C@H]1C=O. The number of hydrogen-bond donors (Lipinski definition) is 2. The molecule has 1 aliphatic heterocycles. The predicted octanol–water partition coefficient (Wildman–Crippen LogP) is 2.00. The molecule has 1 aromatic rings. The zero-order valence-electron chi connectivity index (χ0n) is 15.5. The number of methoxy groups -OCH3 is 2. The van der Waals surface area contributed by atoms with Crippen molar-refractivity contribution in [3.05, 3.63) is 35.9 Å². The Balaban J connectivity index is 1.95. The molecule has 5 atom stereocenters. The topological polar surface area (TPSA) is 67.8 Å². The first kappa shape index (κ1) is 17.6. The lowest BCUT2D eigenvalue weighted by Crippen LogP contribution is -2.65.